The molecule has 1 aliphatic rings. The van der Waals surface area contributed by atoms with E-state index >= 15 is 0 Å². The first-order chi connectivity index (χ1) is 16.8. The molecule has 0 saturated heterocycles. The van der Waals surface area contributed by atoms with Gasteiger partial charge in [-0.25, -0.2) is 0 Å². The third-order valence-electron chi connectivity index (χ3n) is 5.81. The van der Waals surface area contributed by atoms with Crippen molar-refractivity contribution in [2.75, 3.05) is 18.1 Å². The van der Waals surface area contributed by atoms with Crippen molar-refractivity contribution < 1.29 is 23.8 Å². The Morgan fingerprint density at radius 1 is 1.03 bits per heavy atom. The van der Waals surface area contributed by atoms with Gasteiger partial charge in [0.15, 0.2) is 0 Å². The summed E-state index contributed by atoms with van der Waals surface area (Å²) in [5.74, 6) is 1.44. The summed E-state index contributed by atoms with van der Waals surface area (Å²) < 4.78 is 17.3. The smallest absolute Gasteiger partial charge is 0.310 e. The molecule has 0 N–H and O–H groups in total. The maximum Gasteiger partial charge on any atom is 0.310 e. The Morgan fingerprint density at radius 2 is 1.77 bits per heavy atom. The molecule has 0 fully saturated rings. The van der Waals surface area contributed by atoms with Crippen molar-refractivity contribution >= 4 is 28.3 Å². The van der Waals surface area contributed by atoms with Crippen LogP contribution in [0.1, 0.15) is 56.1 Å². The molecular weight excluding hydrogens is 442 g/mol. The maximum absolute atomic E-state index is 13.8. The molecule has 4 rings (SSSR count). The molecule has 1 amide bonds. The number of fused-ring (bicyclic) bond motifs is 3. The second-order valence-electron chi connectivity index (χ2n) is 9.49. The lowest BCUT2D eigenvalue weighted by molar-refractivity contribution is -0.142. The van der Waals surface area contributed by atoms with Gasteiger partial charge in [-0.2, -0.15) is 0 Å². The quantitative estimate of drug-likeness (QED) is 0.359. The van der Waals surface area contributed by atoms with Gasteiger partial charge < -0.3 is 19.1 Å². The monoisotopic (exact) mass is 475 g/mol. The molecular formula is C29H33NO5. The number of nitrogens with zero attached hydrogens (tertiary/aromatic N) is 1. The fourth-order valence-corrected chi connectivity index (χ4v) is 4.31. The van der Waals surface area contributed by atoms with Crippen molar-refractivity contribution in [1.82, 2.24) is 0 Å². The predicted molar refractivity (Wildman–Crippen MR) is 137 cm³/mol. The molecule has 0 spiro atoms. The largest absolute Gasteiger partial charge is 0.493 e. The number of carbonyl (C=O) groups excluding carboxylic acids is 2. The number of ether oxygens (including phenoxy) is 3. The first-order valence-corrected chi connectivity index (χ1v) is 12.2. The van der Waals surface area contributed by atoms with E-state index in [4.69, 9.17) is 14.2 Å². The molecule has 0 aromatic heterocycles. The fourth-order valence-electron chi connectivity index (χ4n) is 4.31. The highest BCUT2D eigenvalue weighted by Crippen LogP contribution is 2.42. The first kappa shape index (κ1) is 24.6. The number of carbonyl (C=O) groups is 2. The van der Waals surface area contributed by atoms with Gasteiger partial charge in [0.1, 0.15) is 11.5 Å². The van der Waals surface area contributed by atoms with E-state index in [-0.39, 0.29) is 24.4 Å². The van der Waals surface area contributed by atoms with Crippen LogP contribution in [0.15, 0.2) is 48.5 Å². The van der Waals surface area contributed by atoms with E-state index in [0.29, 0.717) is 37.0 Å². The lowest BCUT2D eigenvalue weighted by Crippen LogP contribution is -2.23. The summed E-state index contributed by atoms with van der Waals surface area (Å²) in [6.07, 6.45) is 0.184. The molecule has 6 heteroatoms. The van der Waals surface area contributed by atoms with Crippen LogP contribution in [-0.4, -0.2) is 31.2 Å². The zero-order valence-electron chi connectivity index (χ0n) is 21.1. The van der Waals surface area contributed by atoms with Crippen molar-refractivity contribution in [3.63, 3.8) is 0 Å². The van der Waals surface area contributed by atoms with Crippen LogP contribution in [0.2, 0.25) is 0 Å². The molecule has 6 nitrogen and oxygen atoms in total. The molecule has 3 aromatic rings. The van der Waals surface area contributed by atoms with Gasteiger partial charge in [-0.3, -0.25) is 9.59 Å². The minimum absolute atomic E-state index is 0.0207. The second kappa shape index (κ2) is 10.4. The Bertz CT molecular complexity index is 1230. The van der Waals surface area contributed by atoms with Gasteiger partial charge >= 0.3 is 5.97 Å². The third-order valence-corrected chi connectivity index (χ3v) is 5.81. The minimum atomic E-state index is -0.263. The Hall–Kier alpha value is -3.54. The summed E-state index contributed by atoms with van der Waals surface area (Å²) in [7, 11) is 0. The number of esters is 1. The minimum Gasteiger partial charge on any atom is -0.493 e. The number of hydrogen-bond donors (Lipinski definition) is 0. The van der Waals surface area contributed by atoms with Crippen LogP contribution >= 0.6 is 0 Å². The van der Waals surface area contributed by atoms with Crippen LogP contribution in [0.3, 0.4) is 0 Å². The summed E-state index contributed by atoms with van der Waals surface area (Å²) in [4.78, 5) is 27.4. The van der Waals surface area contributed by atoms with Crippen LogP contribution in [0, 0.1) is 5.92 Å². The molecule has 1 heterocycles. The van der Waals surface area contributed by atoms with Crippen molar-refractivity contribution in [3.8, 4) is 11.5 Å². The third kappa shape index (κ3) is 5.26. The van der Waals surface area contributed by atoms with Crippen LogP contribution in [0.25, 0.3) is 10.8 Å². The number of rotatable bonds is 9. The van der Waals surface area contributed by atoms with Crippen molar-refractivity contribution in [2.45, 2.75) is 53.7 Å². The van der Waals surface area contributed by atoms with Gasteiger partial charge in [0.05, 0.1) is 37.8 Å². The number of anilines is 1. The Balaban J connectivity index is 1.74. The standard InChI is InChI=1S/C29H33NO5/c1-6-33-26(31)14-20-10-12-22(13-11-20)30-16-23-25(34-17-18(2)3)15-21-8-7-9-24(35-19(4)5)27(21)28(23)29(30)32/h7-13,15,18-19H,6,14,16-17H2,1-5H3. The van der Waals surface area contributed by atoms with Gasteiger partial charge in [-0.1, -0.05) is 38.1 Å². The Kier molecular flexibility index (Phi) is 7.29. The zero-order valence-corrected chi connectivity index (χ0v) is 21.1. The average Bonchev–Trinajstić information content (AvgIpc) is 3.15. The van der Waals surface area contributed by atoms with E-state index < -0.39 is 0 Å². The van der Waals surface area contributed by atoms with Crippen LogP contribution in [-0.2, 0) is 22.5 Å². The predicted octanol–water partition coefficient (Wildman–Crippen LogP) is 5.93. The number of hydrogen-bond acceptors (Lipinski definition) is 5. The molecule has 3 aromatic carbocycles. The summed E-state index contributed by atoms with van der Waals surface area (Å²) in [6, 6.07) is 15.3. The zero-order chi connectivity index (χ0) is 25.1. The number of amides is 1. The molecule has 0 bridgehead atoms. The van der Waals surface area contributed by atoms with Crippen molar-refractivity contribution in [2.24, 2.45) is 5.92 Å². The average molecular weight is 476 g/mol. The lowest BCUT2D eigenvalue weighted by atomic mass is 9.98. The lowest BCUT2D eigenvalue weighted by Gasteiger charge is -2.17. The van der Waals surface area contributed by atoms with Gasteiger partial charge in [0.2, 0.25) is 0 Å². The Morgan fingerprint density at radius 3 is 2.43 bits per heavy atom. The highest BCUT2D eigenvalue weighted by molar-refractivity contribution is 6.19. The summed E-state index contributed by atoms with van der Waals surface area (Å²) >= 11 is 0. The van der Waals surface area contributed by atoms with Gasteiger partial charge in [0.25, 0.3) is 5.91 Å². The molecule has 0 radical (unpaired) electrons. The Labute approximate surface area is 206 Å². The molecule has 184 valence electrons. The maximum atomic E-state index is 13.8. The van der Waals surface area contributed by atoms with Crippen LogP contribution < -0.4 is 14.4 Å². The topological polar surface area (TPSA) is 65.1 Å². The molecule has 0 unspecified atom stereocenters. The highest BCUT2D eigenvalue weighted by atomic mass is 16.5. The molecule has 0 saturated carbocycles. The van der Waals surface area contributed by atoms with E-state index in [0.717, 1.165) is 33.3 Å². The molecule has 0 atom stereocenters. The second-order valence-corrected chi connectivity index (χ2v) is 9.49. The summed E-state index contributed by atoms with van der Waals surface area (Å²) in [5, 5.41) is 1.74. The van der Waals surface area contributed by atoms with E-state index in [1.807, 2.05) is 62.4 Å². The van der Waals surface area contributed by atoms with E-state index in [1.165, 1.54) is 0 Å². The van der Waals surface area contributed by atoms with E-state index in [2.05, 4.69) is 13.8 Å². The normalized spacial score (nSPS) is 13.0. The SMILES string of the molecule is CCOC(=O)Cc1ccc(N2Cc3c(OCC(C)C)cc4cccc(OC(C)C)c4c3C2=O)cc1. The van der Waals surface area contributed by atoms with Gasteiger partial charge in [-0.05, 0) is 61.9 Å². The number of benzene rings is 3. The van der Waals surface area contributed by atoms with Crippen LogP contribution in [0.5, 0.6) is 11.5 Å². The summed E-state index contributed by atoms with van der Waals surface area (Å²) in [6.45, 7) is 11.3. The van der Waals surface area contributed by atoms with Crippen molar-refractivity contribution in [3.05, 3.63) is 65.2 Å². The molecule has 35 heavy (non-hydrogen) atoms. The molecule has 0 aliphatic carbocycles. The van der Waals surface area contributed by atoms with E-state index in [1.54, 1.807) is 11.8 Å². The first-order valence-electron chi connectivity index (χ1n) is 12.2. The van der Waals surface area contributed by atoms with Gasteiger partial charge in [-0.15, -0.1) is 0 Å². The van der Waals surface area contributed by atoms with Gasteiger partial charge in [0, 0.05) is 16.6 Å². The van der Waals surface area contributed by atoms with Crippen molar-refractivity contribution in [1.29, 1.82) is 0 Å². The fraction of sp³-hybridized carbons (Fsp3) is 0.379. The molecule has 1 aliphatic heterocycles. The highest BCUT2D eigenvalue weighted by Gasteiger charge is 2.34. The van der Waals surface area contributed by atoms with Crippen LogP contribution in [0.4, 0.5) is 5.69 Å². The van der Waals surface area contributed by atoms with E-state index in [9.17, 15) is 9.59 Å². The summed E-state index contributed by atoms with van der Waals surface area (Å²) in [5.41, 5.74) is 3.12.